The summed E-state index contributed by atoms with van der Waals surface area (Å²) in [6.07, 6.45) is 3.17. The van der Waals surface area contributed by atoms with E-state index in [1.807, 2.05) is 6.08 Å². The lowest BCUT2D eigenvalue weighted by Crippen LogP contribution is -2.39. The predicted molar refractivity (Wildman–Crippen MR) is 64.6 cm³/mol. The molecule has 2 heteroatoms. The summed E-state index contributed by atoms with van der Waals surface area (Å²) in [6.45, 7) is 13.6. The monoisotopic (exact) mass is 198 g/mol. The molecule has 0 heterocycles. The van der Waals surface area contributed by atoms with Crippen molar-refractivity contribution in [2.24, 2.45) is 5.92 Å². The van der Waals surface area contributed by atoms with Crippen LogP contribution < -0.4 is 5.32 Å². The van der Waals surface area contributed by atoms with Crippen LogP contribution in [0.3, 0.4) is 0 Å². The fourth-order valence-corrected chi connectivity index (χ4v) is 1.35. The van der Waals surface area contributed by atoms with Gasteiger partial charge in [-0.3, -0.25) is 0 Å². The fourth-order valence-electron chi connectivity index (χ4n) is 1.35. The summed E-state index contributed by atoms with van der Waals surface area (Å²) in [5, 5.41) is 3.35. The SMILES string of the molecule is C=CCNCC(C)N(C)CC(C)CC. The number of hydrogen-bond acceptors (Lipinski definition) is 2. The zero-order valence-corrected chi connectivity index (χ0v) is 10.2. The van der Waals surface area contributed by atoms with Crippen LogP contribution in [-0.4, -0.2) is 37.6 Å². The zero-order chi connectivity index (χ0) is 11.0. The lowest BCUT2D eigenvalue weighted by molar-refractivity contribution is 0.218. The maximum atomic E-state index is 3.69. The number of nitrogens with one attached hydrogen (secondary N) is 1. The molecule has 0 fully saturated rings. The Balaban J connectivity index is 3.63. The Morgan fingerprint density at radius 1 is 1.43 bits per heavy atom. The molecule has 0 aliphatic carbocycles. The van der Waals surface area contributed by atoms with Gasteiger partial charge in [-0.25, -0.2) is 0 Å². The normalized spacial score (nSPS) is 15.5. The van der Waals surface area contributed by atoms with Gasteiger partial charge < -0.3 is 10.2 Å². The van der Waals surface area contributed by atoms with E-state index in [2.05, 4.69) is 44.6 Å². The summed E-state index contributed by atoms with van der Waals surface area (Å²) < 4.78 is 0. The molecule has 14 heavy (non-hydrogen) atoms. The third kappa shape index (κ3) is 6.17. The van der Waals surface area contributed by atoms with Crippen molar-refractivity contribution in [3.63, 3.8) is 0 Å². The Morgan fingerprint density at radius 2 is 2.07 bits per heavy atom. The number of hydrogen-bond donors (Lipinski definition) is 1. The first-order valence-corrected chi connectivity index (χ1v) is 5.63. The van der Waals surface area contributed by atoms with Gasteiger partial charge in [-0.15, -0.1) is 6.58 Å². The maximum absolute atomic E-state index is 3.69. The van der Waals surface area contributed by atoms with E-state index in [1.165, 1.54) is 13.0 Å². The minimum Gasteiger partial charge on any atom is -0.312 e. The van der Waals surface area contributed by atoms with Crippen LogP contribution >= 0.6 is 0 Å². The van der Waals surface area contributed by atoms with Crippen LogP contribution in [0, 0.1) is 5.92 Å². The van der Waals surface area contributed by atoms with E-state index in [1.54, 1.807) is 0 Å². The third-order valence-corrected chi connectivity index (χ3v) is 2.78. The average Bonchev–Trinajstić information content (AvgIpc) is 2.17. The third-order valence-electron chi connectivity index (χ3n) is 2.78. The molecule has 0 radical (unpaired) electrons. The Hall–Kier alpha value is -0.340. The molecule has 0 saturated heterocycles. The van der Waals surface area contributed by atoms with Gasteiger partial charge in [0.1, 0.15) is 0 Å². The first-order valence-electron chi connectivity index (χ1n) is 5.63. The highest BCUT2D eigenvalue weighted by Crippen LogP contribution is 2.05. The van der Waals surface area contributed by atoms with Crippen molar-refractivity contribution in [2.45, 2.75) is 33.2 Å². The van der Waals surface area contributed by atoms with E-state index in [9.17, 15) is 0 Å². The van der Waals surface area contributed by atoms with Gasteiger partial charge in [0.2, 0.25) is 0 Å². The van der Waals surface area contributed by atoms with Gasteiger partial charge in [-0.2, -0.15) is 0 Å². The molecule has 0 aromatic carbocycles. The summed E-state index contributed by atoms with van der Waals surface area (Å²) in [6, 6.07) is 0.601. The molecule has 0 aliphatic heterocycles. The van der Waals surface area contributed by atoms with Crippen molar-refractivity contribution < 1.29 is 0 Å². The minimum absolute atomic E-state index is 0.601. The summed E-state index contributed by atoms with van der Waals surface area (Å²) in [4.78, 5) is 2.42. The van der Waals surface area contributed by atoms with Crippen LogP contribution in [-0.2, 0) is 0 Å². The van der Waals surface area contributed by atoms with Crippen LogP contribution in [0.2, 0.25) is 0 Å². The molecular formula is C12H26N2. The first-order chi connectivity index (χ1) is 6.61. The standard InChI is InChI=1S/C12H26N2/c1-6-8-13-9-12(4)14(5)10-11(3)7-2/h6,11-13H,1,7-10H2,2-5H3. The molecule has 84 valence electrons. The largest absolute Gasteiger partial charge is 0.312 e. The zero-order valence-electron chi connectivity index (χ0n) is 10.2. The summed E-state index contributed by atoms with van der Waals surface area (Å²) in [5.74, 6) is 0.793. The smallest absolute Gasteiger partial charge is 0.0189 e. The molecule has 1 N–H and O–H groups in total. The Morgan fingerprint density at radius 3 is 2.57 bits per heavy atom. The molecule has 0 saturated carbocycles. The van der Waals surface area contributed by atoms with Crippen molar-refractivity contribution in [2.75, 3.05) is 26.7 Å². The second-order valence-corrected chi connectivity index (χ2v) is 4.25. The first kappa shape index (κ1) is 13.7. The van der Waals surface area contributed by atoms with Crippen molar-refractivity contribution in [3.8, 4) is 0 Å². The quantitative estimate of drug-likeness (QED) is 0.475. The van der Waals surface area contributed by atoms with Gasteiger partial charge in [0, 0.05) is 25.7 Å². The van der Waals surface area contributed by atoms with E-state index < -0.39 is 0 Å². The number of likely N-dealkylation sites (N-methyl/N-ethyl adjacent to an activating group) is 1. The molecule has 0 aromatic rings. The Bertz CT molecular complexity index is 145. The number of nitrogens with zero attached hydrogens (tertiary/aromatic N) is 1. The molecule has 0 spiro atoms. The van der Waals surface area contributed by atoms with Gasteiger partial charge in [0.25, 0.3) is 0 Å². The molecule has 0 amide bonds. The van der Waals surface area contributed by atoms with Crippen LogP contribution in [0.1, 0.15) is 27.2 Å². The Kier molecular flexibility index (Phi) is 7.81. The van der Waals surface area contributed by atoms with Crippen molar-refractivity contribution >= 4 is 0 Å². The highest BCUT2D eigenvalue weighted by Gasteiger charge is 2.10. The fraction of sp³-hybridized carbons (Fsp3) is 0.833. The summed E-state index contributed by atoms with van der Waals surface area (Å²) in [5.41, 5.74) is 0. The Labute approximate surface area is 89.4 Å². The molecule has 0 bridgehead atoms. The molecule has 0 rings (SSSR count). The summed E-state index contributed by atoms with van der Waals surface area (Å²) in [7, 11) is 2.20. The maximum Gasteiger partial charge on any atom is 0.0189 e. The second-order valence-electron chi connectivity index (χ2n) is 4.25. The van der Waals surface area contributed by atoms with E-state index in [4.69, 9.17) is 0 Å². The highest BCUT2D eigenvalue weighted by molar-refractivity contribution is 4.73. The van der Waals surface area contributed by atoms with Gasteiger partial charge >= 0.3 is 0 Å². The van der Waals surface area contributed by atoms with E-state index in [0.29, 0.717) is 6.04 Å². The molecular weight excluding hydrogens is 172 g/mol. The van der Waals surface area contributed by atoms with Crippen molar-refractivity contribution in [1.82, 2.24) is 10.2 Å². The molecule has 2 unspecified atom stereocenters. The predicted octanol–water partition coefficient (Wildman–Crippen LogP) is 2.13. The lowest BCUT2D eigenvalue weighted by atomic mass is 10.1. The minimum atomic E-state index is 0.601. The van der Waals surface area contributed by atoms with E-state index in [0.717, 1.165) is 19.0 Å². The molecule has 0 aliphatic rings. The van der Waals surface area contributed by atoms with Crippen LogP contribution in [0.4, 0.5) is 0 Å². The van der Waals surface area contributed by atoms with Gasteiger partial charge in [0.15, 0.2) is 0 Å². The van der Waals surface area contributed by atoms with Gasteiger partial charge in [-0.1, -0.05) is 26.3 Å². The molecule has 2 nitrogen and oxygen atoms in total. The molecule has 0 aromatic heterocycles. The average molecular weight is 198 g/mol. The highest BCUT2D eigenvalue weighted by atomic mass is 15.1. The van der Waals surface area contributed by atoms with Crippen LogP contribution in [0.25, 0.3) is 0 Å². The van der Waals surface area contributed by atoms with Crippen molar-refractivity contribution in [1.29, 1.82) is 0 Å². The van der Waals surface area contributed by atoms with Gasteiger partial charge in [-0.05, 0) is 19.9 Å². The number of rotatable bonds is 8. The second kappa shape index (κ2) is 8.01. The summed E-state index contributed by atoms with van der Waals surface area (Å²) >= 11 is 0. The lowest BCUT2D eigenvalue weighted by Gasteiger charge is -2.27. The van der Waals surface area contributed by atoms with Crippen LogP contribution in [0.5, 0.6) is 0 Å². The van der Waals surface area contributed by atoms with Crippen molar-refractivity contribution in [3.05, 3.63) is 12.7 Å². The van der Waals surface area contributed by atoms with E-state index >= 15 is 0 Å². The topological polar surface area (TPSA) is 15.3 Å². The van der Waals surface area contributed by atoms with E-state index in [-0.39, 0.29) is 0 Å². The molecule has 2 atom stereocenters. The van der Waals surface area contributed by atoms with Crippen LogP contribution in [0.15, 0.2) is 12.7 Å². The van der Waals surface area contributed by atoms with Gasteiger partial charge in [0.05, 0.1) is 0 Å².